The third kappa shape index (κ3) is 4.31. The zero-order valence-electron chi connectivity index (χ0n) is 17.2. The molecule has 3 rings (SSSR count). The van der Waals surface area contributed by atoms with E-state index in [-0.39, 0.29) is 10.9 Å². The number of amidine groups is 1. The number of hydrogen-bond donors (Lipinski definition) is 3. The van der Waals surface area contributed by atoms with E-state index >= 15 is 0 Å². The van der Waals surface area contributed by atoms with Crippen molar-refractivity contribution in [3.05, 3.63) is 42.0 Å². The fourth-order valence-corrected chi connectivity index (χ4v) is 4.50. The number of rotatable bonds is 7. The lowest BCUT2D eigenvalue weighted by Gasteiger charge is -2.17. The lowest BCUT2D eigenvalue weighted by atomic mass is 10.1. The molecule has 0 saturated heterocycles. The lowest BCUT2D eigenvalue weighted by Crippen LogP contribution is -2.44. The molecule has 1 unspecified atom stereocenters. The number of benzene rings is 2. The van der Waals surface area contributed by atoms with E-state index in [9.17, 15) is 18.3 Å². The summed E-state index contributed by atoms with van der Waals surface area (Å²) in [6.07, 6.45) is 0. The number of nitrogens with two attached hydrogens (primary N) is 1. The van der Waals surface area contributed by atoms with E-state index in [0.717, 1.165) is 16.3 Å². The minimum absolute atomic E-state index is 0.0579. The SMILES string of the molecule is CC(C)N=C(N)c1ccc2oc3cc(S(=O)(=O)NC(C(=O)O)C(C)C)ccc3c2c1. The zero-order chi connectivity index (χ0) is 22.2. The van der Waals surface area contributed by atoms with Gasteiger partial charge >= 0.3 is 5.97 Å². The van der Waals surface area contributed by atoms with Crippen LogP contribution in [0, 0.1) is 5.92 Å². The van der Waals surface area contributed by atoms with Crippen molar-refractivity contribution >= 4 is 43.8 Å². The first-order valence-corrected chi connectivity index (χ1v) is 11.0. The Kier molecular flexibility index (Phi) is 5.87. The van der Waals surface area contributed by atoms with E-state index in [1.165, 1.54) is 12.1 Å². The van der Waals surface area contributed by atoms with Crippen LogP contribution in [-0.2, 0) is 14.8 Å². The quantitative estimate of drug-likeness (QED) is 0.389. The number of aliphatic carboxylic acids is 1. The number of carboxylic acid groups (broad SMARTS) is 1. The molecule has 160 valence electrons. The van der Waals surface area contributed by atoms with Gasteiger partial charge in [-0.1, -0.05) is 13.8 Å². The predicted octanol–water partition coefficient (Wildman–Crippen LogP) is 3.09. The number of nitrogens with zero attached hydrogens (tertiary/aromatic N) is 1. The van der Waals surface area contributed by atoms with Crippen molar-refractivity contribution in [2.24, 2.45) is 16.6 Å². The van der Waals surface area contributed by atoms with Gasteiger partial charge in [-0.3, -0.25) is 9.79 Å². The van der Waals surface area contributed by atoms with E-state index in [1.54, 1.807) is 32.0 Å². The maximum atomic E-state index is 12.7. The summed E-state index contributed by atoms with van der Waals surface area (Å²) in [5, 5.41) is 10.8. The van der Waals surface area contributed by atoms with Crippen molar-refractivity contribution in [2.45, 2.75) is 44.7 Å². The number of carbonyl (C=O) groups is 1. The van der Waals surface area contributed by atoms with Crippen LogP contribution in [0.25, 0.3) is 21.9 Å². The smallest absolute Gasteiger partial charge is 0.322 e. The molecular weight excluding hydrogens is 406 g/mol. The third-order valence-corrected chi connectivity index (χ3v) is 6.10. The first-order chi connectivity index (χ1) is 14.0. The van der Waals surface area contributed by atoms with Gasteiger partial charge < -0.3 is 15.3 Å². The van der Waals surface area contributed by atoms with Gasteiger partial charge in [0.1, 0.15) is 23.0 Å². The number of sulfonamides is 1. The second kappa shape index (κ2) is 8.08. The summed E-state index contributed by atoms with van der Waals surface area (Å²) in [5.41, 5.74) is 7.77. The Morgan fingerprint density at radius 3 is 2.37 bits per heavy atom. The van der Waals surface area contributed by atoms with Crippen molar-refractivity contribution < 1.29 is 22.7 Å². The minimum Gasteiger partial charge on any atom is -0.480 e. The highest BCUT2D eigenvalue weighted by Crippen LogP contribution is 2.31. The number of aliphatic imine (C=N–C) groups is 1. The monoisotopic (exact) mass is 431 g/mol. The number of carboxylic acids is 1. The predicted molar refractivity (Wildman–Crippen MR) is 116 cm³/mol. The van der Waals surface area contributed by atoms with Crippen LogP contribution in [0.2, 0.25) is 0 Å². The summed E-state index contributed by atoms with van der Waals surface area (Å²) in [4.78, 5) is 15.7. The molecular formula is C21H25N3O5S. The third-order valence-electron chi connectivity index (χ3n) is 4.66. The molecule has 0 spiro atoms. The first kappa shape index (κ1) is 21.8. The highest BCUT2D eigenvalue weighted by Gasteiger charge is 2.28. The van der Waals surface area contributed by atoms with E-state index in [2.05, 4.69) is 9.71 Å². The Bertz CT molecular complexity index is 1240. The largest absolute Gasteiger partial charge is 0.480 e. The molecule has 0 aliphatic carbocycles. The van der Waals surface area contributed by atoms with Crippen molar-refractivity contribution in [3.63, 3.8) is 0 Å². The maximum Gasteiger partial charge on any atom is 0.322 e. The van der Waals surface area contributed by atoms with Crippen LogP contribution in [0.4, 0.5) is 0 Å². The van der Waals surface area contributed by atoms with E-state index in [1.807, 2.05) is 19.9 Å². The highest BCUT2D eigenvalue weighted by molar-refractivity contribution is 7.89. The van der Waals surface area contributed by atoms with Crippen LogP contribution in [0.1, 0.15) is 33.3 Å². The zero-order valence-corrected chi connectivity index (χ0v) is 18.0. The van der Waals surface area contributed by atoms with Gasteiger partial charge in [-0.2, -0.15) is 4.72 Å². The summed E-state index contributed by atoms with van der Waals surface area (Å²) >= 11 is 0. The lowest BCUT2D eigenvalue weighted by molar-refractivity contribution is -0.140. The number of fused-ring (bicyclic) bond motifs is 3. The molecule has 0 radical (unpaired) electrons. The molecule has 0 bridgehead atoms. The van der Waals surface area contributed by atoms with Crippen LogP contribution in [-0.4, -0.2) is 37.4 Å². The fourth-order valence-electron chi connectivity index (χ4n) is 3.14. The van der Waals surface area contributed by atoms with E-state index in [0.29, 0.717) is 17.0 Å². The van der Waals surface area contributed by atoms with Crippen molar-refractivity contribution in [2.75, 3.05) is 0 Å². The number of hydrogen-bond acceptors (Lipinski definition) is 5. The molecule has 8 nitrogen and oxygen atoms in total. The van der Waals surface area contributed by atoms with E-state index < -0.39 is 28.0 Å². The molecule has 1 heterocycles. The van der Waals surface area contributed by atoms with Crippen molar-refractivity contribution in [1.82, 2.24) is 4.72 Å². The van der Waals surface area contributed by atoms with E-state index in [4.69, 9.17) is 10.2 Å². The summed E-state index contributed by atoms with van der Waals surface area (Å²) in [6, 6.07) is 8.70. The van der Waals surface area contributed by atoms with Crippen LogP contribution in [0.3, 0.4) is 0 Å². The second-order valence-corrected chi connectivity index (χ2v) is 9.47. The Balaban J connectivity index is 2.04. The van der Waals surface area contributed by atoms with Gasteiger partial charge in [-0.15, -0.1) is 0 Å². The van der Waals surface area contributed by atoms with Gasteiger partial charge in [0, 0.05) is 28.4 Å². The van der Waals surface area contributed by atoms with Crippen LogP contribution >= 0.6 is 0 Å². The highest BCUT2D eigenvalue weighted by atomic mass is 32.2. The molecule has 0 aliphatic rings. The number of nitrogens with one attached hydrogen (secondary N) is 1. The molecule has 0 aliphatic heterocycles. The Morgan fingerprint density at radius 2 is 1.77 bits per heavy atom. The first-order valence-electron chi connectivity index (χ1n) is 9.54. The van der Waals surface area contributed by atoms with Crippen LogP contribution < -0.4 is 10.5 Å². The molecule has 1 atom stereocenters. The molecule has 30 heavy (non-hydrogen) atoms. The maximum absolute atomic E-state index is 12.7. The average molecular weight is 432 g/mol. The molecule has 0 amide bonds. The van der Waals surface area contributed by atoms with Gasteiger partial charge in [-0.05, 0) is 50.1 Å². The Labute approximate surface area is 174 Å². The van der Waals surface area contributed by atoms with Crippen LogP contribution in [0.15, 0.2) is 50.7 Å². The molecule has 0 fully saturated rings. The molecule has 9 heteroatoms. The Hall–Kier alpha value is -2.91. The van der Waals surface area contributed by atoms with Gasteiger partial charge in [0.15, 0.2) is 0 Å². The van der Waals surface area contributed by atoms with Gasteiger partial charge in [-0.25, -0.2) is 8.42 Å². The molecule has 4 N–H and O–H groups in total. The summed E-state index contributed by atoms with van der Waals surface area (Å²) < 4.78 is 33.5. The van der Waals surface area contributed by atoms with Crippen molar-refractivity contribution in [1.29, 1.82) is 0 Å². The fraction of sp³-hybridized carbons (Fsp3) is 0.333. The molecule has 3 aromatic rings. The summed E-state index contributed by atoms with van der Waals surface area (Å²) in [5.74, 6) is -1.23. The molecule has 2 aromatic carbocycles. The molecule has 1 aromatic heterocycles. The topological polar surface area (TPSA) is 135 Å². The van der Waals surface area contributed by atoms with Crippen LogP contribution in [0.5, 0.6) is 0 Å². The average Bonchev–Trinajstić information content (AvgIpc) is 3.02. The molecule has 0 saturated carbocycles. The Morgan fingerprint density at radius 1 is 1.07 bits per heavy atom. The van der Waals surface area contributed by atoms with Gasteiger partial charge in [0.05, 0.1) is 4.90 Å². The summed E-state index contributed by atoms with van der Waals surface area (Å²) in [7, 11) is -4.04. The van der Waals surface area contributed by atoms with Gasteiger partial charge in [0.25, 0.3) is 0 Å². The number of furan rings is 1. The standard InChI is InChI=1S/C21H25N3O5S/c1-11(2)19(21(25)26)24-30(27,28)14-6-7-15-16-9-13(20(22)23-12(3)4)5-8-17(16)29-18(15)10-14/h5-12,19,24H,1-4H3,(H2,22,23)(H,25,26). The second-order valence-electron chi connectivity index (χ2n) is 7.76. The van der Waals surface area contributed by atoms with Gasteiger partial charge in [0.2, 0.25) is 10.0 Å². The minimum atomic E-state index is -4.04. The van der Waals surface area contributed by atoms with Crippen molar-refractivity contribution in [3.8, 4) is 0 Å². The normalized spacial score (nSPS) is 14.1. The summed E-state index contributed by atoms with van der Waals surface area (Å²) in [6.45, 7) is 7.14.